The topological polar surface area (TPSA) is 117 Å². The largest absolute Gasteiger partial charge is 0.368 e. The van der Waals surface area contributed by atoms with E-state index in [0.717, 1.165) is 56.4 Å². The average Bonchev–Trinajstić information content (AvgIpc) is 3.20. The van der Waals surface area contributed by atoms with E-state index < -0.39 is 0 Å². The van der Waals surface area contributed by atoms with Gasteiger partial charge in [-0.1, -0.05) is 0 Å². The molecule has 0 aliphatic carbocycles. The number of pyridine rings is 1. The molecule has 0 saturated carbocycles. The van der Waals surface area contributed by atoms with Crippen LogP contribution in [0.1, 0.15) is 17.0 Å². The molecule has 0 saturated heterocycles. The summed E-state index contributed by atoms with van der Waals surface area (Å²) in [6, 6.07) is 18.0. The number of nitrogens with two attached hydrogens (primary N) is 1. The lowest BCUT2D eigenvalue weighted by atomic mass is 10.1. The maximum absolute atomic E-state index is 5.75. The molecule has 0 bridgehead atoms. The monoisotopic (exact) mass is 544 g/mol. The molecule has 3 aromatic heterocycles. The number of halogens is 3. The van der Waals surface area contributed by atoms with Crippen LogP contribution in [-0.4, -0.2) is 24.9 Å². The molecule has 188 valence electrons. The van der Waals surface area contributed by atoms with Crippen molar-refractivity contribution in [3.63, 3.8) is 0 Å². The standard InChI is InChI=1S/C25H24N8.3ClH/c1-14-12-23(33-25(26)28-14)30-19-8-9-21-22(13-19)32-24(31-21)17-4-6-18(7-5-17)29-20-10-11-27-16(3)15(20)2;;;/h4-13H,1-3H3,(H,27,29)(H,31,32)(H3,26,28,30,33);3*1H. The van der Waals surface area contributed by atoms with Crippen molar-refractivity contribution < 1.29 is 0 Å². The average molecular weight is 546 g/mol. The first kappa shape index (κ1) is 28.6. The highest BCUT2D eigenvalue weighted by Gasteiger charge is 2.08. The Morgan fingerprint density at radius 1 is 0.778 bits per heavy atom. The van der Waals surface area contributed by atoms with Crippen molar-refractivity contribution in [2.45, 2.75) is 20.8 Å². The van der Waals surface area contributed by atoms with Crippen molar-refractivity contribution in [2.24, 2.45) is 0 Å². The number of aromatic nitrogens is 5. The fourth-order valence-electron chi connectivity index (χ4n) is 3.67. The number of nitrogen functional groups attached to an aromatic ring is 1. The molecular formula is C25H27Cl3N8. The van der Waals surface area contributed by atoms with Crippen LogP contribution < -0.4 is 16.4 Å². The molecule has 0 unspecified atom stereocenters. The number of nitrogens with one attached hydrogen (secondary N) is 3. The van der Waals surface area contributed by atoms with Crippen LogP contribution in [0.5, 0.6) is 0 Å². The van der Waals surface area contributed by atoms with E-state index in [0.29, 0.717) is 5.82 Å². The van der Waals surface area contributed by atoms with E-state index in [2.05, 4.69) is 49.6 Å². The SMILES string of the molecule is Cc1cc(Nc2ccc3[nH]c(-c4ccc(Nc5ccnc(C)c5C)cc4)nc3c2)nc(N)n1.Cl.Cl.Cl. The second-order valence-electron chi connectivity index (χ2n) is 7.97. The van der Waals surface area contributed by atoms with Crippen LogP contribution in [0.3, 0.4) is 0 Å². The fraction of sp³-hybridized carbons (Fsp3) is 0.120. The number of hydrogen-bond acceptors (Lipinski definition) is 7. The van der Waals surface area contributed by atoms with Gasteiger partial charge in [0.1, 0.15) is 11.6 Å². The molecule has 5 rings (SSSR count). The van der Waals surface area contributed by atoms with Crippen molar-refractivity contribution in [3.8, 4) is 11.4 Å². The lowest BCUT2D eigenvalue weighted by Crippen LogP contribution is -2.01. The molecule has 0 atom stereocenters. The highest BCUT2D eigenvalue weighted by Crippen LogP contribution is 2.27. The first-order valence-electron chi connectivity index (χ1n) is 10.6. The van der Waals surface area contributed by atoms with Gasteiger partial charge < -0.3 is 21.4 Å². The van der Waals surface area contributed by atoms with Gasteiger partial charge in [-0.25, -0.2) is 9.97 Å². The Kier molecular flexibility index (Phi) is 9.47. The third-order valence-corrected chi connectivity index (χ3v) is 5.52. The van der Waals surface area contributed by atoms with Crippen LogP contribution in [0.15, 0.2) is 60.8 Å². The molecule has 3 heterocycles. The maximum Gasteiger partial charge on any atom is 0.222 e. The zero-order valence-corrected chi connectivity index (χ0v) is 22.3. The second kappa shape index (κ2) is 11.9. The number of anilines is 5. The molecule has 2 aromatic carbocycles. The molecule has 0 fully saturated rings. The second-order valence-corrected chi connectivity index (χ2v) is 7.97. The number of nitrogens with zero attached hydrogens (tertiary/aromatic N) is 4. The van der Waals surface area contributed by atoms with Crippen molar-refractivity contribution >= 4 is 77.1 Å². The van der Waals surface area contributed by atoms with E-state index in [1.165, 1.54) is 0 Å². The Balaban J connectivity index is 0.00000152. The summed E-state index contributed by atoms with van der Waals surface area (Å²) < 4.78 is 0. The van der Waals surface area contributed by atoms with Gasteiger partial charge in [0.2, 0.25) is 5.95 Å². The number of aryl methyl sites for hydroxylation is 2. The smallest absolute Gasteiger partial charge is 0.222 e. The number of imidazole rings is 1. The summed E-state index contributed by atoms with van der Waals surface area (Å²) in [5.41, 5.74) is 14.5. The van der Waals surface area contributed by atoms with Crippen LogP contribution in [0.25, 0.3) is 22.4 Å². The number of rotatable bonds is 5. The van der Waals surface area contributed by atoms with Crippen LogP contribution in [-0.2, 0) is 0 Å². The van der Waals surface area contributed by atoms with Gasteiger partial charge in [-0.05, 0) is 74.9 Å². The molecule has 11 heteroatoms. The van der Waals surface area contributed by atoms with Gasteiger partial charge in [0, 0.05) is 46.3 Å². The molecule has 5 N–H and O–H groups in total. The Labute approximate surface area is 227 Å². The zero-order valence-electron chi connectivity index (χ0n) is 19.9. The molecule has 0 spiro atoms. The van der Waals surface area contributed by atoms with Gasteiger partial charge in [0.15, 0.2) is 0 Å². The predicted octanol–water partition coefficient (Wildman–Crippen LogP) is 6.67. The molecule has 0 radical (unpaired) electrons. The lowest BCUT2D eigenvalue weighted by Gasteiger charge is -2.11. The normalized spacial score (nSPS) is 10.1. The van der Waals surface area contributed by atoms with E-state index >= 15 is 0 Å². The van der Waals surface area contributed by atoms with Crippen LogP contribution in [0, 0.1) is 20.8 Å². The first-order valence-corrected chi connectivity index (χ1v) is 10.6. The van der Waals surface area contributed by atoms with E-state index in [4.69, 9.17) is 10.7 Å². The number of benzene rings is 2. The minimum Gasteiger partial charge on any atom is -0.368 e. The van der Waals surface area contributed by atoms with Crippen LogP contribution in [0.2, 0.25) is 0 Å². The Morgan fingerprint density at radius 2 is 1.50 bits per heavy atom. The zero-order chi connectivity index (χ0) is 22.9. The summed E-state index contributed by atoms with van der Waals surface area (Å²) in [7, 11) is 0. The van der Waals surface area contributed by atoms with Crippen LogP contribution >= 0.6 is 37.2 Å². The molecule has 36 heavy (non-hydrogen) atoms. The third-order valence-electron chi connectivity index (χ3n) is 5.52. The van der Waals surface area contributed by atoms with Gasteiger partial charge in [-0.3, -0.25) is 4.98 Å². The molecule has 0 aliphatic heterocycles. The fourth-order valence-corrected chi connectivity index (χ4v) is 3.67. The summed E-state index contributed by atoms with van der Waals surface area (Å²) >= 11 is 0. The summed E-state index contributed by atoms with van der Waals surface area (Å²) in [6.07, 6.45) is 1.82. The highest BCUT2D eigenvalue weighted by molar-refractivity contribution is 5.86. The molecular weight excluding hydrogens is 519 g/mol. The van der Waals surface area contributed by atoms with Gasteiger partial charge in [0.05, 0.1) is 11.0 Å². The Morgan fingerprint density at radius 3 is 2.22 bits per heavy atom. The minimum absolute atomic E-state index is 0. The molecule has 0 amide bonds. The van der Waals surface area contributed by atoms with Gasteiger partial charge >= 0.3 is 0 Å². The Hall–Kier alpha value is -3.59. The highest BCUT2D eigenvalue weighted by atomic mass is 35.5. The van der Waals surface area contributed by atoms with Gasteiger partial charge in [-0.2, -0.15) is 4.98 Å². The van der Waals surface area contributed by atoms with Gasteiger partial charge in [-0.15, -0.1) is 37.2 Å². The minimum atomic E-state index is 0. The van der Waals surface area contributed by atoms with Gasteiger partial charge in [0.25, 0.3) is 0 Å². The molecule has 8 nitrogen and oxygen atoms in total. The first-order chi connectivity index (χ1) is 15.9. The third kappa shape index (κ3) is 6.15. The van der Waals surface area contributed by atoms with Crippen molar-refractivity contribution in [1.29, 1.82) is 0 Å². The predicted molar refractivity (Wildman–Crippen MR) is 155 cm³/mol. The number of H-pyrrole nitrogens is 1. The van der Waals surface area contributed by atoms with Crippen molar-refractivity contribution in [1.82, 2.24) is 24.9 Å². The molecule has 0 aliphatic rings. The number of aromatic amines is 1. The number of hydrogen-bond donors (Lipinski definition) is 4. The summed E-state index contributed by atoms with van der Waals surface area (Å²) in [5.74, 6) is 1.71. The maximum atomic E-state index is 5.75. The lowest BCUT2D eigenvalue weighted by molar-refractivity contribution is 1.12. The van der Waals surface area contributed by atoms with E-state index in [9.17, 15) is 0 Å². The van der Waals surface area contributed by atoms with Crippen molar-refractivity contribution in [3.05, 3.63) is 77.7 Å². The van der Waals surface area contributed by atoms with Crippen molar-refractivity contribution in [2.75, 3.05) is 16.4 Å². The van der Waals surface area contributed by atoms with E-state index in [1.54, 1.807) is 0 Å². The van der Waals surface area contributed by atoms with E-state index in [-0.39, 0.29) is 43.2 Å². The summed E-state index contributed by atoms with van der Waals surface area (Å²) in [6.45, 7) is 5.96. The van der Waals surface area contributed by atoms with E-state index in [1.807, 2.05) is 62.5 Å². The van der Waals surface area contributed by atoms with Crippen LogP contribution in [0.4, 0.5) is 28.8 Å². The quantitative estimate of drug-likeness (QED) is 0.195. The summed E-state index contributed by atoms with van der Waals surface area (Å²) in [4.78, 5) is 20.8. The summed E-state index contributed by atoms with van der Waals surface area (Å²) in [5, 5.41) is 6.73. The molecule has 5 aromatic rings. The number of fused-ring (bicyclic) bond motifs is 1. The Bertz CT molecular complexity index is 1450.